The molecule has 8 aromatic carbocycles. The van der Waals surface area contributed by atoms with E-state index in [2.05, 4.69) is 203 Å². The Hall–Kier alpha value is -12.5. The van der Waals surface area contributed by atoms with Crippen LogP contribution in [0.3, 0.4) is 0 Å². The summed E-state index contributed by atoms with van der Waals surface area (Å²) in [6.45, 7) is 7.79. The molecule has 16 rings (SSSR count). The number of carbonyl (C=O) groups is 2. The number of hydrogen-bond donors (Lipinski definition) is 2. The molecule has 0 saturated heterocycles. The van der Waals surface area contributed by atoms with E-state index in [-0.39, 0.29) is 18.0 Å². The molecule has 0 bridgehead atoms. The number of aliphatic imine (C=N–C) groups is 2. The number of esters is 1. The highest BCUT2D eigenvalue weighted by Gasteiger charge is 2.43. The second-order valence-corrected chi connectivity index (χ2v) is 25.0. The van der Waals surface area contributed by atoms with Gasteiger partial charge in [0, 0.05) is 77.0 Å². The number of ether oxygens (including phenoxy) is 1. The predicted molar refractivity (Wildman–Crippen MR) is 396 cm³/mol. The SMILES string of the molecule is COC(=O)C1=Nc2cc3c(-c4ccncc4)nn(C(c4ccccc4)(c4ccccc4)c4ccccc4)c3cc2C1.Cc1cccc(C(C)N)n1.Cc1cccc(C(C)NC(=O)C2=Nc3cc4c(-c5ccncc5)nn(C(c5ccccc5)(c5ccccc5)c5ccccc5)c4cc3C2)n1. The predicted octanol–water partition coefficient (Wildman–Crippen LogP) is 16.3. The summed E-state index contributed by atoms with van der Waals surface area (Å²) in [6.07, 6.45) is 7.95. The number of amides is 1. The average Bonchev–Trinajstić information content (AvgIpc) is 1.49. The van der Waals surface area contributed by atoms with Gasteiger partial charge in [0.25, 0.3) is 5.91 Å². The van der Waals surface area contributed by atoms with Gasteiger partial charge in [-0.05, 0) is 145 Å². The van der Waals surface area contributed by atoms with Crippen LogP contribution in [0, 0.1) is 13.8 Å². The fraction of sp³-hybridized carbons (Fsp3) is 0.129. The van der Waals surface area contributed by atoms with Crippen LogP contribution in [-0.4, -0.2) is 69.9 Å². The van der Waals surface area contributed by atoms with E-state index in [4.69, 9.17) is 25.7 Å². The van der Waals surface area contributed by atoms with Gasteiger partial charge in [0.05, 0.1) is 46.9 Å². The van der Waals surface area contributed by atoms with Gasteiger partial charge in [0.1, 0.15) is 33.9 Å². The first-order chi connectivity index (χ1) is 48.9. The summed E-state index contributed by atoms with van der Waals surface area (Å²) in [6, 6.07) is 90.9. The smallest absolute Gasteiger partial charge is 0.352 e. The normalized spacial score (nSPS) is 12.9. The molecule has 490 valence electrons. The van der Waals surface area contributed by atoms with E-state index in [1.165, 1.54) is 7.11 Å². The third-order valence-electron chi connectivity index (χ3n) is 18.4. The molecule has 0 fully saturated rings. The van der Waals surface area contributed by atoms with Crippen molar-refractivity contribution in [1.29, 1.82) is 0 Å². The minimum absolute atomic E-state index is 0.0416. The molecule has 2 aliphatic heterocycles. The van der Waals surface area contributed by atoms with Crippen LogP contribution in [0.1, 0.15) is 93.2 Å². The van der Waals surface area contributed by atoms with Crippen molar-refractivity contribution in [1.82, 2.24) is 44.8 Å². The molecule has 0 spiro atoms. The van der Waals surface area contributed by atoms with E-state index in [1.54, 1.807) is 24.8 Å². The van der Waals surface area contributed by atoms with E-state index in [0.717, 1.165) is 123 Å². The lowest BCUT2D eigenvalue weighted by atomic mass is 9.77. The Balaban J connectivity index is 0.000000151. The number of benzene rings is 8. The van der Waals surface area contributed by atoms with Crippen molar-refractivity contribution in [3.63, 3.8) is 0 Å². The maximum atomic E-state index is 13.6. The molecule has 15 heteroatoms. The molecule has 15 nitrogen and oxygen atoms in total. The maximum Gasteiger partial charge on any atom is 0.352 e. The third kappa shape index (κ3) is 12.5. The molecule has 1 amide bonds. The fourth-order valence-electron chi connectivity index (χ4n) is 13.7. The number of fused-ring (bicyclic) bond motifs is 4. The van der Waals surface area contributed by atoms with Gasteiger partial charge in [-0.2, -0.15) is 10.2 Å². The Morgan fingerprint density at radius 3 is 1.15 bits per heavy atom. The molecule has 0 aliphatic carbocycles. The minimum atomic E-state index is -0.822. The van der Waals surface area contributed by atoms with Crippen molar-refractivity contribution in [2.24, 2.45) is 15.7 Å². The molecule has 2 unspecified atom stereocenters. The van der Waals surface area contributed by atoms with Gasteiger partial charge in [-0.15, -0.1) is 0 Å². The van der Waals surface area contributed by atoms with Gasteiger partial charge in [-0.3, -0.25) is 24.7 Å². The van der Waals surface area contributed by atoms with E-state index >= 15 is 0 Å². The highest BCUT2D eigenvalue weighted by molar-refractivity contribution is 6.41. The fourth-order valence-corrected chi connectivity index (χ4v) is 13.7. The van der Waals surface area contributed by atoms with Crippen molar-refractivity contribution < 1.29 is 14.3 Å². The van der Waals surface area contributed by atoms with Crippen molar-refractivity contribution in [2.75, 3.05) is 7.11 Å². The zero-order valence-electron chi connectivity index (χ0n) is 56.1. The lowest BCUT2D eigenvalue weighted by molar-refractivity contribution is -0.132. The molecule has 6 aromatic heterocycles. The van der Waals surface area contributed by atoms with Gasteiger partial charge in [0.2, 0.25) is 0 Å². The number of aryl methyl sites for hydroxylation is 2. The number of pyridine rings is 4. The van der Waals surface area contributed by atoms with Crippen LogP contribution >= 0.6 is 0 Å². The lowest BCUT2D eigenvalue weighted by Gasteiger charge is -2.37. The Morgan fingerprint density at radius 2 is 0.800 bits per heavy atom. The summed E-state index contributed by atoms with van der Waals surface area (Å²) in [5.41, 5.74) is 23.9. The lowest BCUT2D eigenvalue weighted by Crippen LogP contribution is -2.38. The number of hydrogen-bond acceptors (Lipinski definition) is 12. The van der Waals surface area contributed by atoms with Crippen molar-refractivity contribution >= 4 is 56.5 Å². The molecule has 0 radical (unpaired) electrons. The zero-order chi connectivity index (χ0) is 68.7. The Labute approximate surface area is 580 Å². The van der Waals surface area contributed by atoms with Gasteiger partial charge in [0.15, 0.2) is 0 Å². The molecule has 3 N–H and O–H groups in total. The molecular formula is C85H72N12O3. The number of carbonyl (C=O) groups excluding carboxylic acids is 2. The van der Waals surface area contributed by atoms with Crippen LogP contribution in [0.5, 0.6) is 0 Å². The monoisotopic (exact) mass is 1310 g/mol. The number of aromatic nitrogens is 8. The first-order valence-electron chi connectivity index (χ1n) is 33.4. The van der Waals surface area contributed by atoms with Crippen LogP contribution in [0.25, 0.3) is 44.3 Å². The average molecular weight is 1310 g/mol. The summed E-state index contributed by atoms with van der Waals surface area (Å²) < 4.78 is 9.31. The number of nitrogens with two attached hydrogens (primary N) is 1. The van der Waals surface area contributed by atoms with Crippen LogP contribution in [0.4, 0.5) is 11.4 Å². The topological polar surface area (TPSA) is 193 Å². The second-order valence-electron chi connectivity index (χ2n) is 25.0. The summed E-state index contributed by atoms with van der Waals surface area (Å²) >= 11 is 0. The Bertz CT molecular complexity index is 5110. The number of rotatable bonds is 15. The Kier molecular flexibility index (Phi) is 18.4. The largest absolute Gasteiger partial charge is 0.465 e. The maximum absolute atomic E-state index is 13.6. The first-order valence-corrected chi connectivity index (χ1v) is 33.4. The molecule has 14 aromatic rings. The van der Waals surface area contributed by atoms with Gasteiger partial charge < -0.3 is 15.8 Å². The van der Waals surface area contributed by atoms with Gasteiger partial charge in [-0.25, -0.2) is 24.1 Å². The molecule has 2 aliphatic rings. The minimum Gasteiger partial charge on any atom is -0.465 e. The van der Waals surface area contributed by atoms with Crippen molar-refractivity contribution in [2.45, 2.75) is 63.7 Å². The van der Waals surface area contributed by atoms with Crippen molar-refractivity contribution in [3.8, 4) is 22.5 Å². The molecule has 0 saturated carbocycles. The molecule has 8 heterocycles. The van der Waals surface area contributed by atoms with Gasteiger partial charge >= 0.3 is 5.97 Å². The van der Waals surface area contributed by atoms with Crippen LogP contribution < -0.4 is 11.1 Å². The van der Waals surface area contributed by atoms with E-state index in [0.29, 0.717) is 24.3 Å². The van der Waals surface area contributed by atoms with Gasteiger partial charge in [-0.1, -0.05) is 194 Å². The van der Waals surface area contributed by atoms with Crippen molar-refractivity contribution in [3.05, 3.63) is 359 Å². The third-order valence-corrected chi connectivity index (χ3v) is 18.4. The summed E-state index contributed by atoms with van der Waals surface area (Å²) in [4.78, 5) is 52.9. The first kappa shape index (κ1) is 64.9. The summed E-state index contributed by atoms with van der Waals surface area (Å²) in [7, 11) is 1.39. The summed E-state index contributed by atoms with van der Waals surface area (Å²) in [5, 5.41) is 15.9. The highest BCUT2D eigenvalue weighted by atomic mass is 16.5. The highest BCUT2D eigenvalue weighted by Crippen LogP contribution is 2.48. The van der Waals surface area contributed by atoms with E-state index in [9.17, 15) is 9.59 Å². The standard InChI is InChI=1S/C42H34N6O.C35H26N4O2.C8H12N2/c1-28-13-12-20-36(44-28)29(2)45-41(49)38-25-31-26-39-35(27-37(31)46-38)40(30-21-23-43-24-22-30)47-48(39)42(32-14-6-3-7-15-32,33-16-8-4-9-17-33)34-18-10-5-11-19-34;1-41-34(40)31-21-25-22-32-29(23-30(25)37-31)33(24-17-19-36-20-18-24)38-39(32)35(26-11-5-2-6-12-26,27-13-7-3-8-14-27)28-15-9-4-10-16-28;1-6-4-3-5-8(10-6)7(2)9/h3-24,26-27,29H,25H2,1-2H3,(H,45,49);2-20,22-23H,21H2,1H3;3-5,7H,9H2,1-2H3. The summed E-state index contributed by atoms with van der Waals surface area (Å²) in [5.74, 6) is -0.604. The van der Waals surface area contributed by atoms with E-state index in [1.807, 2.05) is 131 Å². The molecule has 100 heavy (non-hydrogen) atoms. The quantitative estimate of drug-likeness (QED) is 0.0737. The number of nitrogens with one attached hydrogen (secondary N) is 1. The van der Waals surface area contributed by atoms with E-state index < -0.39 is 17.0 Å². The van der Waals surface area contributed by atoms with Crippen LogP contribution in [0.15, 0.2) is 302 Å². The number of nitrogens with zero attached hydrogens (tertiary/aromatic N) is 10. The molecular weight excluding hydrogens is 1240 g/mol. The van der Waals surface area contributed by atoms with Crippen LogP contribution in [-0.2, 0) is 38.2 Å². The Morgan fingerprint density at radius 1 is 0.450 bits per heavy atom. The molecule has 2 atom stereocenters. The van der Waals surface area contributed by atoms with Crippen LogP contribution in [0.2, 0.25) is 0 Å². The second kappa shape index (κ2) is 28.3. The zero-order valence-corrected chi connectivity index (χ0v) is 56.1. The number of methoxy groups -OCH3 is 1.